The van der Waals surface area contributed by atoms with E-state index in [0.29, 0.717) is 5.39 Å². The quantitative estimate of drug-likeness (QED) is 0.0813. The zero-order valence-electron chi connectivity index (χ0n) is 24.5. The van der Waals surface area contributed by atoms with E-state index in [2.05, 4.69) is 20.5 Å². The molecule has 5 aromatic carbocycles. The number of nitro benzene ring substituents is 1. The maximum atomic E-state index is 12.0. The van der Waals surface area contributed by atoms with E-state index >= 15 is 0 Å². The molecule has 17 heteroatoms. The predicted molar refractivity (Wildman–Crippen MR) is 157 cm³/mol. The van der Waals surface area contributed by atoms with Crippen LogP contribution in [0.3, 0.4) is 0 Å². The Balaban J connectivity index is 0.000000444. The van der Waals surface area contributed by atoms with Crippen molar-refractivity contribution in [3.63, 3.8) is 0 Å². The molecule has 0 saturated carbocycles. The summed E-state index contributed by atoms with van der Waals surface area (Å²) < 4.78 is 32.7. The summed E-state index contributed by atoms with van der Waals surface area (Å²) in [6.45, 7) is 0. The van der Waals surface area contributed by atoms with E-state index in [4.69, 9.17) is 11.5 Å². The number of hydrogen-bond acceptors (Lipinski definition) is 12. The van der Waals surface area contributed by atoms with Crippen LogP contribution in [0.15, 0.2) is 116 Å². The van der Waals surface area contributed by atoms with E-state index in [1.807, 2.05) is 12.1 Å². The molecule has 227 valence electrons. The topological polar surface area (TPSA) is 264 Å². The van der Waals surface area contributed by atoms with Crippen molar-refractivity contribution in [1.29, 1.82) is 0 Å². The SMILES string of the molecule is O=[N+]([O-])c1ccc(N=Nc2c([O-])ccc3ccccc23)c([O-])c1.[Cr+3].[H+].[H+].[NH-]c1ccc(N=Nc2cc(S(=O)(=O)[O-])ccc2O)c([NH-])c1. The van der Waals surface area contributed by atoms with Gasteiger partial charge in [-0.25, -0.2) is 8.42 Å². The van der Waals surface area contributed by atoms with Gasteiger partial charge in [-0.2, -0.15) is 15.3 Å². The van der Waals surface area contributed by atoms with Gasteiger partial charge in [0.05, 0.1) is 26.9 Å². The number of rotatable bonds is 6. The molecule has 0 aliphatic rings. The van der Waals surface area contributed by atoms with Gasteiger partial charge in [-0.05, 0) is 35.7 Å². The summed E-state index contributed by atoms with van der Waals surface area (Å²) in [6, 6.07) is 20.4. The number of phenolic OH excluding ortho intramolecular Hbond substituents is 1. The summed E-state index contributed by atoms with van der Waals surface area (Å²) in [5.74, 6) is -1.30. The molecule has 0 atom stereocenters. The fraction of sp³-hybridized carbons (Fsp3) is 0. The first kappa shape index (κ1) is 33.9. The number of nitrogens with zero attached hydrogens (tertiary/aromatic N) is 5. The van der Waals surface area contributed by atoms with E-state index in [1.54, 1.807) is 18.2 Å². The fourth-order valence-electron chi connectivity index (χ4n) is 3.61. The van der Waals surface area contributed by atoms with Crippen molar-refractivity contribution in [2.75, 3.05) is 0 Å². The molecule has 0 unspecified atom stereocenters. The molecule has 15 nitrogen and oxygen atoms in total. The Hall–Kier alpha value is -5.60. The third-order valence-corrected chi connectivity index (χ3v) is 6.60. The maximum Gasteiger partial charge on any atom is 3.00 e. The molecular weight excluding hydrogens is 646 g/mol. The van der Waals surface area contributed by atoms with Crippen LogP contribution < -0.4 is 10.2 Å². The van der Waals surface area contributed by atoms with Crippen molar-refractivity contribution >= 4 is 60.7 Å². The Morgan fingerprint density at radius 2 is 1.42 bits per heavy atom. The molecule has 0 fully saturated rings. The molecule has 5 rings (SSSR count). The van der Waals surface area contributed by atoms with Gasteiger partial charge in [0.2, 0.25) is 0 Å². The first-order valence-corrected chi connectivity index (χ1v) is 13.6. The van der Waals surface area contributed by atoms with Gasteiger partial charge >= 0.3 is 20.2 Å². The van der Waals surface area contributed by atoms with Gasteiger partial charge in [-0.15, -0.1) is 16.5 Å². The Kier molecular flexibility index (Phi) is 10.7. The third kappa shape index (κ3) is 8.49. The Morgan fingerprint density at radius 3 is 2.09 bits per heavy atom. The average Bonchev–Trinajstić information content (AvgIpc) is 2.97. The van der Waals surface area contributed by atoms with Crippen LogP contribution in [0, 0.1) is 10.1 Å². The first-order valence-electron chi connectivity index (χ1n) is 12.2. The maximum absolute atomic E-state index is 12.0. The second kappa shape index (κ2) is 14.2. The van der Waals surface area contributed by atoms with E-state index in [9.17, 15) is 38.4 Å². The van der Waals surface area contributed by atoms with E-state index in [1.165, 1.54) is 30.3 Å². The monoisotopic (exact) mass is 666 g/mol. The van der Waals surface area contributed by atoms with Crippen molar-refractivity contribution < 1.29 is 53.4 Å². The van der Waals surface area contributed by atoms with Crippen LogP contribution in [-0.4, -0.2) is 23.0 Å². The molecule has 5 aromatic rings. The number of aromatic hydroxyl groups is 1. The number of nitrogens with one attached hydrogen (secondary N) is 2. The number of azo groups is 2. The summed E-state index contributed by atoms with van der Waals surface area (Å²) >= 11 is 0. The number of benzene rings is 5. The van der Waals surface area contributed by atoms with Crippen LogP contribution in [-0.2, 0) is 27.5 Å². The molecule has 0 aliphatic heterocycles. The summed E-state index contributed by atoms with van der Waals surface area (Å²) in [7, 11) is -4.66. The van der Waals surface area contributed by atoms with Gasteiger partial charge < -0.3 is 31.3 Å². The van der Waals surface area contributed by atoms with Crippen LogP contribution in [0.5, 0.6) is 17.2 Å². The minimum Gasteiger partial charge on any atom is -0.871 e. The second-order valence-electron chi connectivity index (χ2n) is 8.78. The molecule has 3 N–H and O–H groups in total. The molecule has 0 aliphatic carbocycles. The van der Waals surface area contributed by atoms with Gasteiger partial charge in [0.15, 0.2) is 0 Å². The van der Waals surface area contributed by atoms with Crippen LogP contribution in [0.25, 0.3) is 22.2 Å². The Labute approximate surface area is 268 Å². The molecular formula is C28H20CrN7O8S. The number of non-ortho nitro benzene ring substituents is 1. The molecule has 0 saturated heterocycles. The molecule has 0 bridgehead atoms. The van der Waals surface area contributed by atoms with Crippen LogP contribution in [0.4, 0.5) is 39.8 Å². The molecule has 1 radical (unpaired) electrons. The first-order chi connectivity index (χ1) is 20.8. The van der Waals surface area contributed by atoms with Crippen molar-refractivity contribution in [1.82, 2.24) is 0 Å². The fourth-order valence-corrected chi connectivity index (χ4v) is 4.10. The number of nitro groups is 1. The smallest absolute Gasteiger partial charge is 0.871 e. The molecule has 0 spiro atoms. The summed E-state index contributed by atoms with van der Waals surface area (Å²) in [4.78, 5) is 9.40. The van der Waals surface area contributed by atoms with Crippen LogP contribution in [0.1, 0.15) is 2.85 Å². The number of phenols is 1. The van der Waals surface area contributed by atoms with Gasteiger partial charge in [-0.1, -0.05) is 60.0 Å². The third-order valence-electron chi connectivity index (χ3n) is 5.77. The van der Waals surface area contributed by atoms with Gasteiger partial charge in [0, 0.05) is 17.5 Å². The molecule has 0 heterocycles. The van der Waals surface area contributed by atoms with Gasteiger partial charge in [0.25, 0.3) is 5.69 Å². The van der Waals surface area contributed by atoms with Gasteiger partial charge in [-0.3, -0.25) is 10.1 Å². The largest absolute Gasteiger partial charge is 3.00 e. The van der Waals surface area contributed by atoms with E-state index in [0.717, 1.165) is 35.7 Å². The van der Waals surface area contributed by atoms with Crippen molar-refractivity contribution in [3.05, 3.63) is 113 Å². The Morgan fingerprint density at radius 1 is 0.756 bits per heavy atom. The van der Waals surface area contributed by atoms with Gasteiger partial charge in [0.1, 0.15) is 21.6 Å². The normalized spacial score (nSPS) is 11.2. The summed E-state index contributed by atoms with van der Waals surface area (Å²) in [6.07, 6.45) is 0. The van der Waals surface area contributed by atoms with E-state index in [-0.39, 0.29) is 71.5 Å². The van der Waals surface area contributed by atoms with Crippen LogP contribution in [0.2, 0.25) is 0 Å². The summed E-state index contributed by atoms with van der Waals surface area (Å²) in [5.41, 5.74) is 14.7. The molecule has 0 aromatic heterocycles. The second-order valence-corrected chi connectivity index (χ2v) is 10.2. The zero-order chi connectivity index (χ0) is 32.0. The minimum absolute atomic E-state index is 0. The molecule has 45 heavy (non-hydrogen) atoms. The average molecular weight is 667 g/mol. The zero-order valence-corrected chi connectivity index (χ0v) is 24.6. The Bertz CT molecular complexity index is 2070. The standard InChI is InChI=1S/C16H11N3O4.C12H10N4O4S.Cr/c20-14-8-5-10-3-1-2-4-12(10)16(14)18-17-13-7-6-11(19(22)23)9-15(13)21;13-7-1-3-10(9(14)5-7)15-16-11-6-8(21(18,19)20)2-4-12(11)17;/h1-9,20-21H;1-6H,(H4-2,13,14,15,16,17,18,19,20);/q;-2;+3/p-1. The predicted octanol–water partition coefficient (Wildman–Crippen LogP) is 7.61. The minimum atomic E-state index is -4.66. The summed E-state index contributed by atoms with van der Waals surface area (Å²) in [5, 5.41) is 60.3. The number of hydrogen-bond donors (Lipinski definition) is 1. The van der Waals surface area contributed by atoms with Crippen molar-refractivity contribution in [3.8, 4) is 17.2 Å². The van der Waals surface area contributed by atoms with E-state index < -0.39 is 25.7 Å². The van der Waals surface area contributed by atoms with Crippen LogP contribution >= 0.6 is 0 Å². The number of fused-ring (bicyclic) bond motifs is 1. The molecule has 0 amide bonds. The van der Waals surface area contributed by atoms with Crippen molar-refractivity contribution in [2.45, 2.75) is 4.90 Å². The van der Waals surface area contributed by atoms with Crippen molar-refractivity contribution in [2.24, 2.45) is 20.5 Å².